The Hall–Kier alpha value is -0.820. The fourth-order valence-corrected chi connectivity index (χ4v) is 1.36. The van der Waals surface area contributed by atoms with Gasteiger partial charge in [0, 0.05) is 6.04 Å². The summed E-state index contributed by atoms with van der Waals surface area (Å²) in [5.41, 5.74) is 7.29. The van der Waals surface area contributed by atoms with E-state index in [2.05, 4.69) is 38.1 Å². The molecule has 0 bridgehead atoms. The molecule has 0 radical (unpaired) electrons. The first kappa shape index (κ1) is 9.27. The summed E-state index contributed by atoms with van der Waals surface area (Å²) in [6, 6.07) is 10.7. The molecule has 1 nitrogen and oxygen atoms in total. The predicted molar refractivity (Wildman–Crippen MR) is 53.1 cm³/mol. The maximum Gasteiger partial charge on any atom is 0.0103 e. The van der Waals surface area contributed by atoms with E-state index in [0.717, 1.165) is 6.42 Å². The van der Waals surface area contributed by atoms with Crippen LogP contribution < -0.4 is 5.73 Å². The van der Waals surface area contributed by atoms with Gasteiger partial charge in [-0.15, -0.1) is 0 Å². The quantitative estimate of drug-likeness (QED) is 0.728. The summed E-state index contributed by atoms with van der Waals surface area (Å²) in [5, 5.41) is 0. The normalized spacial score (nSPS) is 15.6. The van der Waals surface area contributed by atoms with Crippen LogP contribution in [0.5, 0.6) is 0 Å². The van der Waals surface area contributed by atoms with Gasteiger partial charge in [0.05, 0.1) is 0 Å². The van der Waals surface area contributed by atoms with Gasteiger partial charge in [0.25, 0.3) is 0 Å². The molecule has 1 rings (SSSR count). The van der Waals surface area contributed by atoms with Crippen molar-refractivity contribution in [3.05, 3.63) is 35.9 Å². The molecule has 0 fully saturated rings. The molecule has 2 atom stereocenters. The van der Waals surface area contributed by atoms with E-state index in [0.29, 0.717) is 5.92 Å². The average molecular weight is 163 g/mol. The number of hydrogen-bond acceptors (Lipinski definition) is 1. The number of hydrogen-bond donors (Lipinski definition) is 1. The number of rotatable bonds is 3. The van der Waals surface area contributed by atoms with E-state index < -0.39 is 0 Å². The lowest BCUT2D eigenvalue weighted by molar-refractivity contribution is 0.551. The summed E-state index contributed by atoms with van der Waals surface area (Å²) >= 11 is 0. The topological polar surface area (TPSA) is 26.0 Å². The summed E-state index contributed by atoms with van der Waals surface area (Å²) in [6.07, 6.45) is 1.04. The van der Waals surface area contributed by atoms with Crippen LogP contribution in [0.25, 0.3) is 0 Å². The molecule has 0 aliphatic heterocycles. The minimum absolute atomic E-state index is 0.285. The van der Waals surface area contributed by atoms with Crippen LogP contribution in [-0.2, 0) is 0 Å². The van der Waals surface area contributed by atoms with Gasteiger partial charge in [-0.3, -0.25) is 0 Å². The Morgan fingerprint density at radius 2 is 1.83 bits per heavy atom. The summed E-state index contributed by atoms with van der Waals surface area (Å²) in [5.74, 6) is 0.469. The van der Waals surface area contributed by atoms with Crippen LogP contribution in [0.2, 0.25) is 0 Å². The molecule has 0 amide bonds. The molecule has 0 spiro atoms. The van der Waals surface area contributed by atoms with Gasteiger partial charge in [-0.05, 0) is 17.9 Å². The Balaban J connectivity index is 2.71. The molecule has 2 N–H and O–H groups in total. The van der Waals surface area contributed by atoms with E-state index in [1.54, 1.807) is 0 Å². The van der Waals surface area contributed by atoms with Crippen molar-refractivity contribution in [2.45, 2.75) is 32.2 Å². The van der Waals surface area contributed by atoms with E-state index >= 15 is 0 Å². The lowest BCUT2D eigenvalue weighted by Gasteiger charge is -2.18. The van der Waals surface area contributed by atoms with E-state index in [-0.39, 0.29) is 6.04 Å². The molecule has 0 saturated carbocycles. The maximum atomic E-state index is 5.95. The average Bonchev–Trinajstić information content (AvgIpc) is 2.17. The minimum atomic E-state index is 0.285. The highest BCUT2D eigenvalue weighted by Gasteiger charge is 2.11. The number of benzene rings is 1. The molecule has 12 heavy (non-hydrogen) atoms. The van der Waals surface area contributed by atoms with Crippen molar-refractivity contribution in [3.63, 3.8) is 0 Å². The summed E-state index contributed by atoms with van der Waals surface area (Å²) in [4.78, 5) is 0. The second kappa shape index (κ2) is 4.27. The van der Waals surface area contributed by atoms with Gasteiger partial charge in [-0.1, -0.05) is 44.2 Å². The zero-order chi connectivity index (χ0) is 8.97. The molecule has 0 saturated heterocycles. The molecular weight excluding hydrogens is 146 g/mol. The Kier molecular flexibility index (Phi) is 3.30. The molecule has 0 unspecified atom stereocenters. The molecule has 0 aromatic heterocycles. The largest absolute Gasteiger partial charge is 0.327 e. The van der Waals surface area contributed by atoms with Crippen molar-refractivity contribution in [3.8, 4) is 0 Å². The van der Waals surface area contributed by atoms with Gasteiger partial charge in [-0.2, -0.15) is 0 Å². The monoisotopic (exact) mass is 163 g/mol. The first-order chi connectivity index (χ1) is 5.75. The van der Waals surface area contributed by atoms with Gasteiger partial charge in [0.1, 0.15) is 0 Å². The summed E-state index contributed by atoms with van der Waals surface area (Å²) in [7, 11) is 0. The third-order valence-corrected chi connectivity index (χ3v) is 2.44. The molecule has 1 aromatic carbocycles. The van der Waals surface area contributed by atoms with Crippen LogP contribution in [0.1, 0.15) is 31.7 Å². The fraction of sp³-hybridized carbons (Fsp3) is 0.455. The molecule has 0 aliphatic rings. The second-order valence-electron chi connectivity index (χ2n) is 3.27. The molecule has 1 aromatic rings. The Morgan fingerprint density at radius 3 is 2.33 bits per heavy atom. The Morgan fingerprint density at radius 1 is 1.25 bits per heavy atom. The van der Waals surface area contributed by atoms with Crippen molar-refractivity contribution in [2.24, 2.45) is 5.73 Å². The zero-order valence-corrected chi connectivity index (χ0v) is 7.83. The molecule has 0 aliphatic carbocycles. The summed E-state index contributed by atoms with van der Waals surface area (Å²) < 4.78 is 0. The van der Waals surface area contributed by atoms with Gasteiger partial charge >= 0.3 is 0 Å². The standard InChI is InChI=1S/C11H17N/c1-3-11(12)9(2)10-7-5-4-6-8-10/h4-9,11H,3,12H2,1-2H3/t9-,11+/m0/s1. The molecule has 1 heteroatoms. The number of nitrogens with two attached hydrogens (primary N) is 1. The van der Waals surface area contributed by atoms with Crippen molar-refractivity contribution < 1.29 is 0 Å². The van der Waals surface area contributed by atoms with E-state index in [1.807, 2.05) is 6.07 Å². The highest BCUT2D eigenvalue weighted by atomic mass is 14.6. The zero-order valence-electron chi connectivity index (χ0n) is 7.83. The fourth-order valence-electron chi connectivity index (χ4n) is 1.36. The van der Waals surface area contributed by atoms with E-state index in [4.69, 9.17) is 5.73 Å². The smallest absolute Gasteiger partial charge is 0.0103 e. The van der Waals surface area contributed by atoms with Gasteiger partial charge in [0.2, 0.25) is 0 Å². The van der Waals surface area contributed by atoms with E-state index in [9.17, 15) is 0 Å². The van der Waals surface area contributed by atoms with Crippen LogP contribution >= 0.6 is 0 Å². The minimum Gasteiger partial charge on any atom is -0.327 e. The first-order valence-corrected chi connectivity index (χ1v) is 4.56. The lowest BCUT2D eigenvalue weighted by atomic mass is 9.92. The summed E-state index contributed by atoms with van der Waals surface area (Å²) in [6.45, 7) is 4.31. The van der Waals surface area contributed by atoms with Crippen LogP contribution in [0, 0.1) is 0 Å². The third-order valence-electron chi connectivity index (χ3n) is 2.44. The molecule has 0 heterocycles. The maximum absolute atomic E-state index is 5.95. The molecular formula is C11H17N. The first-order valence-electron chi connectivity index (χ1n) is 4.56. The van der Waals surface area contributed by atoms with Gasteiger partial charge in [-0.25, -0.2) is 0 Å². The van der Waals surface area contributed by atoms with Gasteiger partial charge in [0.15, 0.2) is 0 Å². The van der Waals surface area contributed by atoms with Crippen molar-refractivity contribution >= 4 is 0 Å². The van der Waals surface area contributed by atoms with Crippen LogP contribution in [0.15, 0.2) is 30.3 Å². The van der Waals surface area contributed by atoms with E-state index in [1.165, 1.54) is 5.56 Å². The highest BCUT2D eigenvalue weighted by molar-refractivity contribution is 5.20. The second-order valence-corrected chi connectivity index (χ2v) is 3.27. The van der Waals surface area contributed by atoms with Crippen molar-refractivity contribution in [1.29, 1.82) is 0 Å². The lowest BCUT2D eigenvalue weighted by Crippen LogP contribution is -2.25. The predicted octanol–water partition coefficient (Wildman–Crippen LogP) is 2.53. The third kappa shape index (κ3) is 2.08. The SMILES string of the molecule is CC[C@@H](N)[C@@H](C)c1ccccc1. The van der Waals surface area contributed by atoms with Crippen LogP contribution in [0.4, 0.5) is 0 Å². The van der Waals surface area contributed by atoms with Crippen molar-refractivity contribution in [1.82, 2.24) is 0 Å². The van der Waals surface area contributed by atoms with Gasteiger partial charge < -0.3 is 5.73 Å². The molecule has 66 valence electrons. The van der Waals surface area contributed by atoms with Crippen LogP contribution in [0.3, 0.4) is 0 Å². The van der Waals surface area contributed by atoms with Crippen molar-refractivity contribution in [2.75, 3.05) is 0 Å². The Bertz CT molecular complexity index is 218. The van der Waals surface area contributed by atoms with Crippen LogP contribution in [-0.4, -0.2) is 6.04 Å². The Labute approximate surface area is 74.6 Å². The highest BCUT2D eigenvalue weighted by Crippen LogP contribution is 2.18.